The van der Waals surface area contributed by atoms with Crippen LogP contribution in [0, 0.1) is 23.7 Å². The van der Waals surface area contributed by atoms with Gasteiger partial charge in [0.05, 0.1) is 42.9 Å². The number of carbonyl (C=O) groups excluding carboxylic acids is 2. The molecular formula is C25H32N2O10. The topological polar surface area (TPSA) is 190 Å². The molecule has 6 N–H and O–H groups in total. The van der Waals surface area contributed by atoms with Gasteiger partial charge in [0.15, 0.2) is 0 Å². The quantitative estimate of drug-likeness (QED) is 0.189. The first kappa shape index (κ1) is 26.2. The number of carbonyl (C=O) groups is 2. The first-order chi connectivity index (χ1) is 17.7. The van der Waals surface area contributed by atoms with Crippen LogP contribution in [0.3, 0.4) is 0 Å². The molecule has 0 radical (unpaired) electrons. The van der Waals surface area contributed by atoms with Gasteiger partial charge >= 0.3 is 0 Å². The highest BCUT2D eigenvalue weighted by Crippen LogP contribution is 2.50. The van der Waals surface area contributed by atoms with E-state index in [4.69, 9.17) is 9.57 Å². The molecule has 37 heavy (non-hydrogen) atoms. The molecule has 2 amide bonds. The maximum Gasteiger partial charge on any atom is 0.256 e. The van der Waals surface area contributed by atoms with Crippen LogP contribution in [-0.4, -0.2) is 103 Å². The first-order valence-electron chi connectivity index (χ1n) is 12.5. The molecule has 2 aliphatic carbocycles. The highest BCUT2D eigenvalue weighted by molar-refractivity contribution is 6.06. The van der Waals surface area contributed by atoms with E-state index in [1.165, 1.54) is 4.90 Å². The van der Waals surface area contributed by atoms with Crippen molar-refractivity contribution in [2.24, 2.45) is 28.8 Å². The Morgan fingerprint density at radius 3 is 2.32 bits per heavy atom. The smallest absolute Gasteiger partial charge is 0.256 e. The minimum atomic E-state index is -1.66. The van der Waals surface area contributed by atoms with Crippen molar-refractivity contribution in [3.8, 4) is 0 Å². The fraction of sp³-hybridized carbons (Fsp3) is 0.640. The van der Waals surface area contributed by atoms with Crippen molar-refractivity contribution < 1.29 is 49.8 Å². The van der Waals surface area contributed by atoms with E-state index in [0.717, 1.165) is 5.56 Å². The van der Waals surface area contributed by atoms with Crippen LogP contribution in [0.2, 0.25) is 0 Å². The number of fused-ring (bicyclic) bond motifs is 3. The van der Waals surface area contributed by atoms with Crippen LogP contribution < -0.4 is 0 Å². The number of hydrogen-bond acceptors (Lipinski definition) is 11. The van der Waals surface area contributed by atoms with Gasteiger partial charge in [-0.15, -0.1) is 0 Å². The van der Waals surface area contributed by atoms with E-state index in [2.05, 4.69) is 5.16 Å². The Morgan fingerprint density at radius 2 is 1.62 bits per heavy atom. The highest BCUT2D eigenvalue weighted by atomic mass is 16.8. The Morgan fingerprint density at radius 1 is 0.919 bits per heavy atom. The third-order valence-electron chi connectivity index (χ3n) is 8.18. The molecule has 5 rings (SSSR count). The van der Waals surface area contributed by atoms with Crippen LogP contribution >= 0.6 is 0 Å². The molecule has 12 heteroatoms. The molecule has 2 saturated heterocycles. The van der Waals surface area contributed by atoms with Crippen LogP contribution in [0.4, 0.5) is 0 Å². The molecule has 1 aromatic rings. The van der Waals surface area contributed by atoms with E-state index in [0.29, 0.717) is 18.6 Å². The van der Waals surface area contributed by atoms with Crippen molar-refractivity contribution in [1.82, 2.24) is 4.90 Å². The number of ether oxygens (including phenoxy) is 1. The van der Waals surface area contributed by atoms with E-state index in [1.54, 1.807) is 0 Å². The molecule has 4 aliphatic rings. The number of benzene rings is 1. The van der Waals surface area contributed by atoms with Crippen molar-refractivity contribution in [3.63, 3.8) is 0 Å². The maximum atomic E-state index is 13.5. The molecule has 11 atom stereocenters. The van der Waals surface area contributed by atoms with Gasteiger partial charge in [0.25, 0.3) is 6.29 Å². The Balaban J connectivity index is 1.37. The minimum absolute atomic E-state index is 0.0625. The summed E-state index contributed by atoms with van der Waals surface area (Å²) >= 11 is 0. The predicted molar refractivity (Wildman–Crippen MR) is 124 cm³/mol. The summed E-state index contributed by atoms with van der Waals surface area (Å²) in [4.78, 5) is 33.2. The van der Waals surface area contributed by atoms with Gasteiger partial charge in [-0.3, -0.25) is 14.5 Å². The highest BCUT2D eigenvalue weighted by Gasteiger charge is 2.59. The molecule has 202 valence electrons. The van der Waals surface area contributed by atoms with Gasteiger partial charge in [0.2, 0.25) is 11.8 Å². The lowest BCUT2D eigenvalue weighted by Crippen LogP contribution is -2.59. The Bertz CT molecular complexity index is 1040. The zero-order valence-corrected chi connectivity index (χ0v) is 20.0. The summed E-state index contributed by atoms with van der Waals surface area (Å²) in [5, 5.41) is 65.2. The summed E-state index contributed by atoms with van der Waals surface area (Å²) in [7, 11) is 0. The monoisotopic (exact) mass is 520 g/mol. The Labute approximate surface area is 212 Å². The van der Waals surface area contributed by atoms with Crippen molar-refractivity contribution in [2.75, 3.05) is 6.61 Å². The second-order valence-electron chi connectivity index (χ2n) is 10.3. The zero-order chi connectivity index (χ0) is 26.4. The van der Waals surface area contributed by atoms with Crippen LogP contribution in [0.25, 0.3) is 0 Å². The van der Waals surface area contributed by atoms with Gasteiger partial charge in [-0.25, -0.2) is 0 Å². The van der Waals surface area contributed by atoms with Crippen molar-refractivity contribution >= 4 is 17.5 Å². The van der Waals surface area contributed by atoms with E-state index in [9.17, 15) is 40.2 Å². The second kappa shape index (κ2) is 10.4. The third-order valence-corrected chi connectivity index (χ3v) is 8.18. The molecule has 0 bridgehead atoms. The van der Waals surface area contributed by atoms with Gasteiger partial charge < -0.3 is 40.2 Å². The molecule has 12 nitrogen and oxygen atoms in total. The summed E-state index contributed by atoms with van der Waals surface area (Å²) in [5.41, 5.74) is 1.14. The second-order valence-corrected chi connectivity index (χ2v) is 10.3. The average molecular weight is 521 g/mol. The van der Waals surface area contributed by atoms with Crippen LogP contribution in [0.15, 0.2) is 35.5 Å². The Kier molecular flexibility index (Phi) is 7.33. The molecule has 2 heterocycles. The number of nitrogens with zero attached hydrogens (tertiary/aromatic N) is 2. The van der Waals surface area contributed by atoms with Crippen LogP contribution in [0.1, 0.15) is 24.8 Å². The number of rotatable bonds is 5. The number of aliphatic hydroxyl groups is 6. The van der Waals surface area contributed by atoms with Gasteiger partial charge in [0, 0.05) is 18.3 Å². The van der Waals surface area contributed by atoms with Gasteiger partial charge in [-0.2, -0.15) is 0 Å². The number of hydrogen-bond donors (Lipinski definition) is 6. The van der Waals surface area contributed by atoms with Gasteiger partial charge in [0.1, 0.15) is 24.4 Å². The molecule has 2 saturated carbocycles. The molecule has 0 aromatic heterocycles. The summed E-state index contributed by atoms with van der Waals surface area (Å²) in [5.74, 6) is -3.35. The molecule has 4 fully saturated rings. The van der Waals surface area contributed by atoms with E-state index >= 15 is 0 Å². The first-order valence-corrected chi connectivity index (χ1v) is 12.5. The summed E-state index contributed by atoms with van der Waals surface area (Å²) in [6.07, 6.45) is -9.30. The normalized spacial score (nSPS) is 43.0. The fourth-order valence-electron chi connectivity index (χ4n) is 6.24. The fourth-order valence-corrected chi connectivity index (χ4v) is 6.24. The minimum Gasteiger partial charge on any atom is -0.394 e. The standard InChI is InChI=1S/C25H32N2O10/c28-10-16-20(31)21(32)22(33)25(36-16)37-26-14-8-15(29)19(30)17-12(14)6-7-13-18(17)24(35)27(23(13)34)9-11-4-2-1-3-5-11/h1-5,12-13,15-22,25,28-33H,6-10H2/b26-14+/t12-,13-,15-,16-,17+,18-,19-,20-,21+,22-,25+/m1/s1. The number of imide groups is 1. The largest absolute Gasteiger partial charge is 0.394 e. The van der Waals surface area contributed by atoms with Crippen LogP contribution in [0.5, 0.6) is 0 Å². The van der Waals surface area contributed by atoms with E-state index < -0.39 is 79.1 Å². The predicted octanol–water partition coefficient (Wildman–Crippen LogP) is -1.89. The van der Waals surface area contributed by atoms with Crippen LogP contribution in [-0.2, 0) is 25.7 Å². The van der Waals surface area contributed by atoms with Crippen molar-refractivity contribution in [2.45, 2.75) is 68.7 Å². The Hall–Kier alpha value is -2.45. The number of likely N-dealkylation sites (tertiary alicyclic amines) is 1. The van der Waals surface area contributed by atoms with Crippen molar-refractivity contribution in [1.29, 1.82) is 0 Å². The summed E-state index contributed by atoms with van der Waals surface area (Å²) in [6.45, 7) is -0.502. The zero-order valence-electron chi connectivity index (χ0n) is 20.0. The molecule has 0 unspecified atom stereocenters. The molecule has 0 spiro atoms. The van der Waals surface area contributed by atoms with Gasteiger partial charge in [-0.05, 0) is 18.4 Å². The van der Waals surface area contributed by atoms with Crippen molar-refractivity contribution in [3.05, 3.63) is 35.9 Å². The maximum absolute atomic E-state index is 13.5. The van der Waals surface area contributed by atoms with E-state index in [-0.39, 0.29) is 18.9 Å². The van der Waals surface area contributed by atoms with Gasteiger partial charge in [-0.1, -0.05) is 35.5 Å². The lowest BCUT2D eigenvalue weighted by Gasteiger charge is -2.45. The molecule has 1 aromatic carbocycles. The summed E-state index contributed by atoms with van der Waals surface area (Å²) in [6, 6.07) is 9.14. The number of amides is 2. The molecular weight excluding hydrogens is 488 g/mol. The lowest BCUT2D eigenvalue weighted by molar-refractivity contribution is -0.301. The summed E-state index contributed by atoms with van der Waals surface area (Å²) < 4.78 is 5.32. The lowest BCUT2D eigenvalue weighted by atomic mass is 9.60. The third kappa shape index (κ3) is 4.56. The number of aliphatic hydroxyl groups excluding tert-OH is 6. The molecule has 2 aliphatic heterocycles. The average Bonchev–Trinajstić information content (AvgIpc) is 3.14. The number of oxime groups is 1. The van der Waals surface area contributed by atoms with E-state index in [1.807, 2.05) is 30.3 Å². The SMILES string of the molecule is O=C1[C@H]2[C@H]3[C@H](O)[C@H](O)C/C(=N\O[C@@H]4O[C@H](CO)[C@@H](O)[C@H](O)[C@H]4O)[C@H]3CC[C@H]2C(=O)N1Cc1ccccc1.